The molecule has 0 radical (unpaired) electrons. The molecular formula is C16H22ClN3. The average molecular weight is 292 g/mol. The third-order valence-corrected chi connectivity index (χ3v) is 4.44. The molecule has 1 saturated carbocycles. The molecule has 0 aromatic carbocycles. The normalized spacial score (nSPS) is 17.5. The number of nitrogens with zero attached hydrogens (tertiary/aromatic N) is 3. The standard InChI is InChI=1S/C16H22ClN3/c1-12-10-14-16(18-11-12)20(15(19-14)8-9-17)13-6-4-2-3-5-7-13/h10-11,13H,2-9H2,1H3. The van der Waals surface area contributed by atoms with Crippen molar-refractivity contribution in [2.24, 2.45) is 0 Å². The Morgan fingerprint density at radius 3 is 2.70 bits per heavy atom. The van der Waals surface area contributed by atoms with Crippen LogP contribution in [0.15, 0.2) is 12.3 Å². The van der Waals surface area contributed by atoms with Crippen molar-refractivity contribution in [1.82, 2.24) is 14.5 Å². The van der Waals surface area contributed by atoms with Crippen LogP contribution in [0, 0.1) is 6.92 Å². The summed E-state index contributed by atoms with van der Waals surface area (Å²) in [7, 11) is 0. The van der Waals surface area contributed by atoms with Gasteiger partial charge in [0, 0.05) is 24.5 Å². The maximum atomic E-state index is 5.96. The first-order valence-corrected chi connectivity index (χ1v) is 8.22. The molecule has 2 heterocycles. The van der Waals surface area contributed by atoms with Gasteiger partial charge in [0.1, 0.15) is 11.3 Å². The molecule has 0 N–H and O–H groups in total. The van der Waals surface area contributed by atoms with E-state index in [9.17, 15) is 0 Å². The number of hydrogen-bond acceptors (Lipinski definition) is 2. The maximum absolute atomic E-state index is 5.96. The molecule has 1 aliphatic rings. The van der Waals surface area contributed by atoms with Crippen LogP contribution in [0.25, 0.3) is 11.2 Å². The van der Waals surface area contributed by atoms with Gasteiger partial charge < -0.3 is 4.57 Å². The second-order valence-electron chi connectivity index (χ2n) is 5.84. The predicted molar refractivity (Wildman–Crippen MR) is 83.4 cm³/mol. The fraction of sp³-hybridized carbons (Fsp3) is 0.625. The molecule has 0 bridgehead atoms. The van der Waals surface area contributed by atoms with Crippen LogP contribution in [-0.2, 0) is 6.42 Å². The van der Waals surface area contributed by atoms with Gasteiger partial charge in [-0.15, -0.1) is 11.6 Å². The van der Waals surface area contributed by atoms with Gasteiger partial charge in [0.05, 0.1) is 0 Å². The first-order valence-electron chi connectivity index (χ1n) is 7.69. The SMILES string of the molecule is Cc1cnc2c(c1)nc(CCCl)n2C1CCCCCC1. The highest BCUT2D eigenvalue weighted by atomic mass is 35.5. The molecule has 3 nitrogen and oxygen atoms in total. The highest BCUT2D eigenvalue weighted by Crippen LogP contribution is 2.31. The van der Waals surface area contributed by atoms with Gasteiger partial charge in [-0.2, -0.15) is 0 Å². The summed E-state index contributed by atoms with van der Waals surface area (Å²) >= 11 is 5.96. The zero-order chi connectivity index (χ0) is 13.9. The van der Waals surface area contributed by atoms with E-state index < -0.39 is 0 Å². The second kappa shape index (κ2) is 6.13. The summed E-state index contributed by atoms with van der Waals surface area (Å²) in [5.41, 5.74) is 3.23. The number of pyridine rings is 1. The Hall–Kier alpha value is -1.09. The van der Waals surface area contributed by atoms with E-state index in [0.717, 1.165) is 23.4 Å². The van der Waals surface area contributed by atoms with Gasteiger partial charge in [0.15, 0.2) is 5.65 Å². The minimum absolute atomic E-state index is 0.552. The van der Waals surface area contributed by atoms with Gasteiger partial charge in [0.2, 0.25) is 0 Å². The molecule has 0 unspecified atom stereocenters. The molecule has 108 valence electrons. The molecule has 0 aliphatic heterocycles. The molecule has 1 fully saturated rings. The van der Waals surface area contributed by atoms with Gasteiger partial charge >= 0.3 is 0 Å². The molecule has 2 aromatic heterocycles. The Labute approximate surface area is 125 Å². The Morgan fingerprint density at radius 1 is 1.25 bits per heavy atom. The van der Waals surface area contributed by atoms with E-state index in [1.54, 1.807) is 0 Å². The molecule has 0 amide bonds. The first-order chi connectivity index (χ1) is 9.79. The van der Waals surface area contributed by atoms with Crippen molar-refractivity contribution in [2.75, 3.05) is 5.88 Å². The number of hydrogen-bond donors (Lipinski definition) is 0. The molecule has 4 heteroatoms. The molecular weight excluding hydrogens is 270 g/mol. The van der Waals surface area contributed by atoms with E-state index >= 15 is 0 Å². The Bertz CT molecular complexity index is 583. The monoisotopic (exact) mass is 291 g/mol. The summed E-state index contributed by atoms with van der Waals surface area (Å²) < 4.78 is 2.38. The number of aryl methyl sites for hydroxylation is 2. The number of imidazole rings is 1. The van der Waals surface area contributed by atoms with E-state index in [0.29, 0.717) is 11.9 Å². The topological polar surface area (TPSA) is 30.7 Å². The second-order valence-corrected chi connectivity index (χ2v) is 6.22. The number of halogens is 1. The van der Waals surface area contributed by atoms with Crippen molar-refractivity contribution in [1.29, 1.82) is 0 Å². The van der Waals surface area contributed by atoms with E-state index in [2.05, 4.69) is 22.5 Å². The third-order valence-electron chi connectivity index (χ3n) is 4.25. The Kier molecular flexibility index (Phi) is 4.25. The smallest absolute Gasteiger partial charge is 0.160 e. The molecule has 0 spiro atoms. The summed E-state index contributed by atoms with van der Waals surface area (Å²) in [6, 6.07) is 2.68. The third kappa shape index (κ3) is 2.69. The van der Waals surface area contributed by atoms with E-state index in [4.69, 9.17) is 16.6 Å². The summed E-state index contributed by atoms with van der Waals surface area (Å²) in [5, 5.41) is 0. The van der Waals surface area contributed by atoms with Gasteiger partial charge in [0.25, 0.3) is 0 Å². The van der Waals surface area contributed by atoms with Crippen LogP contribution in [0.1, 0.15) is 56.0 Å². The lowest BCUT2D eigenvalue weighted by molar-refractivity contribution is 0.439. The summed E-state index contributed by atoms with van der Waals surface area (Å²) in [4.78, 5) is 9.43. The van der Waals surface area contributed by atoms with Crippen molar-refractivity contribution < 1.29 is 0 Å². The molecule has 1 aliphatic carbocycles. The van der Waals surface area contributed by atoms with Crippen molar-refractivity contribution in [3.8, 4) is 0 Å². The minimum atomic E-state index is 0.552. The van der Waals surface area contributed by atoms with Crippen molar-refractivity contribution in [2.45, 2.75) is 57.9 Å². The molecule has 2 aromatic rings. The number of rotatable bonds is 3. The van der Waals surface area contributed by atoms with Crippen molar-refractivity contribution >= 4 is 22.8 Å². The number of alkyl halides is 1. The van der Waals surface area contributed by atoms with Crippen LogP contribution < -0.4 is 0 Å². The first kappa shape index (κ1) is 13.9. The summed E-state index contributed by atoms with van der Waals surface area (Å²) in [6.45, 7) is 2.07. The van der Waals surface area contributed by atoms with Crippen molar-refractivity contribution in [3.63, 3.8) is 0 Å². The molecule has 0 atom stereocenters. The van der Waals surface area contributed by atoms with Gasteiger partial charge in [-0.1, -0.05) is 25.7 Å². The van der Waals surface area contributed by atoms with Gasteiger partial charge in [-0.3, -0.25) is 0 Å². The maximum Gasteiger partial charge on any atom is 0.160 e. The quantitative estimate of drug-likeness (QED) is 0.619. The lowest BCUT2D eigenvalue weighted by atomic mass is 10.1. The Morgan fingerprint density at radius 2 is 2.00 bits per heavy atom. The van der Waals surface area contributed by atoms with Crippen LogP contribution in [-0.4, -0.2) is 20.4 Å². The fourth-order valence-electron chi connectivity index (χ4n) is 3.29. The molecule has 20 heavy (non-hydrogen) atoms. The number of aromatic nitrogens is 3. The molecule has 0 saturated heterocycles. The van der Waals surface area contributed by atoms with Crippen LogP contribution in [0.3, 0.4) is 0 Å². The zero-order valence-electron chi connectivity index (χ0n) is 12.1. The number of fused-ring (bicyclic) bond motifs is 1. The van der Waals surface area contributed by atoms with E-state index in [1.165, 1.54) is 44.1 Å². The highest BCUT2D eigenvalue weighted by molar-refractivity contribution is 6.17. The average Bonchev–Trinajstić information content (AvgIpc) is 2.63. The van der Waals surface area contributed by atoms with Crippen LogP contribution in [0.2, 0.25) is 0 Å². The lowest BCUT2D eigenvalue weighted by Gasteiger charge is -2.19. The van der Waals surface area contributed by atoms with E-state index in [-0.39, 0.29) is 0 Å². The van der Waals surface area contributed by atoms with Crippen molar-refractivity contribution in [3.05, 3.63) is 23.7 Å². The van der Waals surface area contributed by atoms with Crippen LogP contribution in [0.4, 0.5) is 0 Å². The lowest BCUT2D eigenvalue weighted by Crippen LogP contribution is -2.13. The highest BCUT2D eigenvalue weighted by Gasteiger charge is 2.21. The van der Waals surface area contributed by atoms with E-state index in [1.807, 2.05) is 6.20 Å². The minimum Gasteiger partial charge on any atom is -0.310 e. The predicted octanol–water partition coefficient (Wildman–Crippen LogP) is 4.42. The van der Waals surface area contributed by atoms with Crippen LogP contribution in [0.5, 0.6) is 0 Å². The van der Waals surface area contributed by atoms with Gasteiger partial charge in [-0.05, 0) is 31.4 Å². The summed E-state index contributed by atoms with van der Waals surface area (Å²) in [6.07, 6.45) is 10.6. The largest absolute Gasteiger partial charge is 0.310 e. The summed E-state index contributed by atoms with van der Waals surface area (Å²) in [5.74, 6) is 1.73. The van der Waals surface area contributed by atoms with Gasteiger partial charge in [-0.25, -0.2) is 9.97 Å². The van der Waals surface area contributed by atoms with Crippen LogP contribution >= 0.6 is 11.6 Å². The molecule has 3 rings (SSSR count). The Balaban J connectivity index is 2.07. The zero-order valence-corrected chi connectivity index (χ0v) is 12.9. The fourth-order valence-corrected chi connectivity index (χ4v) is 3.46.